The van der Waals surface area contributed by atoms with Crippen LogP contribution in [0.1, 0.15) is 71.2 Å². The second kappa shape index (κ2) is 10.1. The molecular formula is C30H37NO7. The predicted molar refractivity (Wildman–Crippen MR) is 139 cm³/mol. The molecule has 3 aliphatic carbocycles. The summed E-state index contributed by atoms with van der Waals surface area (Å²) >= 11 is 0. The van der Waals surface area contributed by atoms with Crippen molar-refractivity contribution < 1.29 is 33.4 Å². The van der Waals surface area contributed by atoms with Crippen molar-refractivity contribution in [3.05, 3.63) is 53.9 Å². The number of allylic oxidation sites excluding steroid dienone is 1. The minimum Gasteiger partial charge on any atom is -0.458 e. The Hall–Kier alpha value is -3.29. The lowest BCUT2D eigenvalue weighted by atomic mass is 9.76. The summed E-state index contributed by atoms with van der Waals surface area (Å²) in [4.78, 5) is 56.3. The molecule has 0 radical (unpaired) electrons. The first-order valence-electron chi connectivity index (χ1n) is 13.2. The molecule has 38 heavy (non-hydrogen) atoms. The van der Waals surface area contributed by atoms with Crippen LogP contribution in [0.15, 0.2) is 48.3 Å². The highest BCUT2D eigenvalue weighted by Crippen LogP contribution is 2.62. The van der Waals surface area contributed by atoms with Gasteiger partial charge in [0, 0.05) is 32.7 Å². The van der Waals surface area contributed by atoms with Crippen LogP contribution < -0.4 is 0 Å². The summed E-state index contributed by atoms with van der Waals surface area (Å²) in [5, 5.41) is 0. The Labute approximate surface area is 223 Å². The maximum absolute atomic E-state index is 14.3. The van der Waals surface area contributed by atoms with Crippen molar-refractivity contribution in [2.45, 2.75) is 78.6 Å². The van der Waals surface area contributed by atoms with Gasteiger partial charge in [-0.2, -0.15) is 0 Å². The molecule has 2 saturated carbocycles. The van der Waals surface area contributed by atoms with Crippen molar-refractivity contribution in [1.29, 1.82) is 0 Å². The van der Waals surface area contributed by atoms with E-state index in [1.807, 2.05) is 13.0 Å². The van der Waals surface area contributed by atoms with E-state index in [1.165, 1.54) is 20.0 Å². The van der Waals surface area contributed by atoms with Crippen molar-refractivity contribution in [2.75, 3.05) is 0 Å². The number of ketones is 1. The van der Waals surface area contributed by atoms with E-state index < -0.39 is 47.6 Å². The van der Waals surface area contributed by atoms with E-state index in [1.54, 1.807) is 25.3 Å². The van der Waals surface area contributed by atoms with Crippen molar-refractivity contribution in [1.82, 2.24) is 4.98 Å². The lowest BCUT2D eigenvalue weighted by Crippen LogP contribution is -2.55. The monoisotopic (exact) mass is 523 g/mol. The molecule has 1 unspecified atom stereocenters. The van der Waals surface area contributed by atoms with Gasteiger partial charge in [0.25, 0.3) is 0 Å². The number of Topliss-reactive ketones (excluding diaryl/α,β-unsaturated/α-hetero) is 1. The van der Waals surface area contributed by atoms with Crippen LogP contribution in [0.2, 0.25) is 0 Å². The first kappa shape index (κ1) is 27.7. The number of ether oxygens (including phenoxy) is 3. The van der Waals surface area contributed by atoms with Crippen LogP contribution >= 0.6 is 0 Å². The minimum atomic E-state index is -1.70. The van der Waals surface area contributed by atoms with E-state index in [4.69, 9.17) is 14.2 Å². The van der Waals surface area contributed by atoms with Crippen LogP contribution in [-0.2, 0) is 28.6 Å². The lowest BCUT2D eigenvalue weighted by molar-refractivity contribution is -0.179. The Morgan fingerprint density at radius 3 is 2.45 bits per heavy atom. The zero-order chi connectivity index (χ0) is 28.0. The molecule has 0 amide bonds. The van der Waals surface area contributed by atoms with Gasteiger partial charge in [0.1, 0.15) is 12.2 Å². The molecule has 0 saturated heterocycles. The third-order valence-electron chi connectivity index (χ3n) is 8.65. The van der Waals surface area contributed by atoms with E-state index in [0.29, 0.717) is 23.5 Å². The Morgan fingerprint density at radius 2 is 1.84 bits per heavy atom. The van der Waals surface area contributed by atoms with Crippen LogP contribution in [-0.4, -0.2) is 46.5 Å². The topological polar surface area (TPSA) is 109 Å². The number of carbonyl (C=O) groups is 4. The molecule has 1 heterocycles. The summed E-state index contributed by atoms with van der Waals surface area (Å²) in [5.74, 6) is -3.04. The summed E-state index contributed by atoms with van der Waals surface area (Å²) in [6.45, 7) is 14.7. The van der Waals surface area contributed by atoms with Gasteiger partial charge in [-0.3, -0.25) is 19.4 Å². The average Bonchev–Trinajstić information content (AvgIpc) is 3.24. The molecule has 0 aliphatic heterocycles. The molecule has 3 aliphatic rings. The van der Waals surface area contributed by atoms with Gasteiger partial charge in [0.05, 0.1) is 11.5 Å². The van der Waals surface area contributed by atoms with Gasteiger partial charge in [-0.1, -0.05) is 33.4 Å². The van der Waals surface area contributed by atoms with Crippen LogP contribution in [0.4, 0.5) is 0 Å². The van der Waals surface area contributed by atoms with E-state index in [0.717, 1.165) is 6.42 Å². The highest BCUT2D eigenvalue weighted by Gasteiger charge is 2.65. The quantitative estimate of drug-likeness (QED) is 0.319. The SMILES string of the molecule is C=C1CC[C@H]2[C@@H](/C=C(/C)C(=O)[C@@]3(OC(C)=O)C[C@H](C)[C@H](OC(=O)c4cccnc4)[C@@H]3C1OC(C)=O)C2(C)C. The van der Waals surface area contributed by atoms with Crippen molar-refractivity contribution in [2.24, 2.45) is 29.1 Å². The Balaban J connectivity index is 1.87. The van der Waals surface area contributed by atoms with Gasteiger partial charge in [0.15, 0.2) is 5.60 Å². The first-order chi connectivity index (χ1) is 17.8. The predicted octanol–water partition coefficient (Wildman–Crippen LogP) is 4.63. The van der Waals surface area contributed by atoms with Gasteiger partial charge in [-0.15, -0.1) is 0 Å². The fourth-order valence-electron chi connectivity index (χ4n) is 6.71. The maximum atomic E-state index is 14.3. The summed E-state index contributed by atoms with van der Waals surface area (Å²) < 4.78 is 17.8. The highest BCUT2D eigenvalue weighted by atomic mass is 16.6. The van der Waals surface area contributed by atoms with Crippen LogP contribution in [0.3, 0.4) is 0 Å². The Bertz CT molecular complexity index is 1190. The van der Waals surface area contributed by atoms with Crippen LogP contribution in [0.25, 0.3) is 0 Å². The number of pyridine rings is 1. The largest absolute Gasteiger partial charge is 0.458 e. The zero-order valence-corrected chi connectivity index (χ0v) is 23.0. The molecule has 8 heteroatoms. The molecule has 0 spiro atoms. The fourth-order valence-corrected chi connectivity index (χ4v) is 6.71. The van der Waals surface area contributed by atoms with Crippen LogP contribution in [0.5, 0.6) is 0 Å². The molecule has 0 bridgehead atoms. The second-order valence-corrected chi connectivity index (χ2v) is 11.7. The number of fused-ring (bicyclic) bond motifs is 2. The van der Waals surface area contributed by atoms with E-state index >= 15 is 0 Å². The molecule has 1 aromatic rings. The molecule has 7 atom stereocenters. The average molecular weight is 524 g/mol. The summed E-state index contributed by atoms with van der Waals surface area (Å²) in [5.41, 5.74) is -0.358. The smallest absolute Gasteiger partial charge is 0.339 e. The van der Waals surface area contributed by atoms with Gasteiger partial charge in [0.2, 0.25) is 5.78 Å². The molecular weight excluding hydrogens is 486 g/mol. The van der Waals surface area contributed by atoms with Crippen molar-refractivity contribution in [3.8, 4) is 0 Å². The van der Waals surface area contributed by atoms with E-state index in [2.05, 4.69) is 25.4 Å². The number of hydrogen-bond acceptors (Lipinski definition) is 8. The van der Waals surface area contributed by atoms with Gasteiger partial charge in [-0.05, 0) is 66.2 Å². The van der Waals surface area contributed by atoms with E-state index in [9.17, 15) is 19.2 Å². The second-order valence-electron chi connectivity index (χ2n) is 11.7. The molecule has 1 aromatic heterocycles. The van der Waals surface area contributed by atoms with Gasteiger partial charge < -0.3 is 14.2 Å². The number of carbonyl (C=O) groups excluding carboxylic acids is 4. The molecule has 8 nitrogen and oxygen atoms in total. The fraction of sp³-hybridized carbons (Fsp3) is 0.567. The number of nitrogens with zero attached hydrogens (tertiary/aromatic N) is 1. The Morgan fingerprint density at radius 1 is 1.13 bits per heavy atom. The number of esters is 3. The number of hydrogen-bond donors (Lipinski definition) is 0. The molecule has 0 N–H and O–H groups in total. The van der Waals surface area contributed by atoms with Gasteiger partial charge >= 0.3 is 17.9 Å². The van der Waals surface area contributed by atoms with Crippen molar-refractivity contribution in [3.63, 3.8) is 0 Å². The van der Waals surface area contributed by atoms with Crippen molar-refractivity contribution >= 4 is 23.7 Å². The van der Waals surface area contributed by atoms with E-state index in [-0.39, 0.29) is 29.1 Å². The number of aromatic nitrogens is 1. The summed E-state index contributed by atoms with van der Waals surface area (Å²) in [6.07, 6.45) is 4.49. The third-order valence-corrected chi connectivity index (χ3v) is 8.65. The molecule has 2 fully saturated rings. The maximum Gasteiger partial charge on any atom is 0.339 e. The molecule has 204 valence electrons. The first-order valence-corrected chi connectivity index (χ1v) is 13.2. The summed E-state index contributed by atoms with van der Waals surface area (Å²) in [7, 11) is 0. The van der Waals surface area contributed by atoms with Gasteiger partial charge in [-0.25, -0.2) is 4.79 Å². The van der Waals surface area contributed by atoms with Crippen LogP contribution in [0, 0.1) is 29.1 Å². The minimum absolute atomic E-state index is 0.0106. The lowest BCUT2D eigenvalue weighted by Gasteiger charge is -2.39. The highest BCUT2D eigenvalue weighted by molar-refractivity contribution is 6.03. The molecule has 4 rings (SSSR count). The number of rotatable bonds is 4. The normalized spacial score (nSPS) is 35.5. The summed E-state index contributed by atoms with van der Waals surface area (Å²) in [6, 6.07) is 3.21. The zero-order valence-electron chi connectivity index (χ0n) is 23.0. The standard InChI is InChI=1S/C30H37NO7/c1-16-10-11-22-23(29(22,6)7)13-17(2)27(34)30(38-20(5)33)14-18(3)26(24(30)25(16)36-19(4)32)37-28(35)21-9-8-12-31-15-21/h8-9,12-13,15,18,22-26H,1,10-11,14H2,2-7H3/b17-13-/t18-,22-,23+,24-,25?,26-,30+/m0/s1. The molecule has 0 aromatic carbocycles. The third kappa shape index (κ3) is 4.93. The Kier molecular flexibility index (Phi) is 7.38.